The van der Waals surface area contributed by atoms with Crippen LogP contribution < -0.4 is 10.0 Å². The van der Waals surface area contributed by atoms with E-state index in [1.165, 1.54) is 31.4 Å². The lowest BCUT2D eigenvalue weighted by Crippen LogP contribution is -2.31. The number of carbonyl (C=O) groups excluding carboxylic acids is 1. The smallest absolute Gasteiger partial charge is 0.240 e. The normalized spacial score (nSPS) is 11.7. The van der Waals surface area contributed by atoms with Gasteiger partial charge >= 0.3 is 0 Å². The van der Waals surface area contributed by atoms with Gasteiger partial charge in [0.2, 0.25) is 15.9 Å². The van der Waals surface area contributed by atoms with Gasteiger partial charge in [0.15, 0.2) is 0 Å². The molecule has 0 heterocycles. The van der Waals surface area contributed by atoms with Gasteiger partial charge < -0.3 is 5.32 Å². The van der Waals surface area contributed by atoms with Gasteiger partial charge in [-0.1, -0.05) is 39.5 Å². The van der Waals surface area contributed by atoms with Gasteiger partial charge in [-0.25, -0.2) is 17.5 Å². The van der Waals surface area contributed by atoms with Crippen molar-refractivity contribution in [2.24, 2.45) is 5.92 Å². The predicted octanol–water partition coefficient (Wildman–Crippen LogP) is 3.22. The molecule has 0 saturated carbocycles. The second-order valence-corrected chi connectivity index (χ2v) is 8.32. The summed E-state index contributed by atoms with van der Waals surface area (Å²) in [4.78, 5) is 11.7. The number of sulfonamides is 1. The minimum Gasteiger partial charge on any atom is -0.356 e. The Kier molecular flexibility index (Phi) is 9.67. The number of carbonyl (C=O) groups is 1. The molecule has 0 saturated heterocycles. The summed E-state index contributed by atoms with van der Waals surface area (Å²) in [6.45, 7) is 5.06. The molecule has 25 heavy (non-hydrogen) atoms. The fourth-order valence-corrected chi connectivity index (χ4v) is 3.38. The van der Waals surface area contributed by atoms with Crippen LogP contribution in [0.1, 0.15) is 52.4 Å². The average Bonchev–Trinajstić information content (AvgIpc) is 2.54. The second kappa shape index (κ2) is 11.2. The van der Waals surface area contributed by atoms with E-state index < -0.39 is 15.8 Å². The predicted molar refractivity (Wildman–Crippen MR) is 97.1 cm³/mol. The van der Waals surface area contributed by atoms with Crippen LogP contribution in [0.5, 0.6) is 0 Å². The first-order chi connectivity index (χ1) is 11.8. The molecule has 5 nitrogen and oxygen atoms in total. The molecule has 7 heteroatoms. The maximum Gasteiger partial charge on any atom is 0.240 e. The highest BCUT2D eigenvalue weighted by Gasteiger charge is 2.13. The molecule has 0 aliphatic carbocycles. The number of hydrogen-bond acceptors (Lipinski definition) is 3. The van der Waals surface area contributed by atoms with Crippen molar-refractivity contribution < 1.29 is 17.6 Å². The van der Waals surface area contributed by atoms with Gasteiger partial charge in [-0.2, -0.15) is 0 Å². The maximum atomic E-state index is 12.8. The molecule has 0 aromatic heterocycles. The fourth-order valence-electron chi connectivity index (χ4n) is 2.34. The number of amides is 1. The molecule has 1 amide bonds. The van der Waals surface area contributed by atoms with Crippen LogP contribution in [0.25, 0.3) is 0 Å². The molecule has 0 atom stereocenters. The molecule has 1 aromatic rings. The van der Waals surface area contributed by atoms with Gasteiger partial charge in [0, 0.05) is 19.5 Å². The molecule has 0 aliphatic heterocycles. The van der Waals surface area contributed by atoms with E-state index in [9.17, 15) is 17.6 Å². The van der Waals surface area contributed by atoms with Crippen LogP contribution in [-0.2, 0) is 14.8 Å². The number of benzene rings is 1. The fraction of sp³-hybridized carbons (Fsp3) is 0.611. The van der Waals surface area contributed by atoms with Crippen LogP contribution in [-0.4, -0.2) is 27.4 Å². The third-order valence-corrected chi connectivity index (χ3v) is 5.28. The molecule has 1 aromatic carbocycles. The number of halogens is 1. The molecule has 0 unspecified atom stereocenters. The van der Waals surface area contributed by atoms with Crippen molar-refractivity contribution in [2.75, 3.05) is 13.1 Å². The van der Waals surface area contributed by atoms with Gasteiger partial charge in [0.05, 0.1) is 4.90 Å². The summed E-state index contributed by atoms with van der Waals surface area (Å²) in [6, 6.07) is 4.55. The zero-order chi connectivity index (χ0) is 18.7. The number of rotatable bonds is 12. The van der Waals surface area contributed by atoms with E-state index in [1.54, 1.807) is 0 Å². The van der Waals surface area contributed by atoms with Crippen molar-refractivity contribution in [3.05, 3.63) is 30.1 Å². The van der Waals surface area contributed by atoms with Gasteiger partial charge in [-0.15, -0.1) is 0 Å². The first kappa shape index (κ1) is 21.6. The Balaban J connectivity index is 2.14. The van der Waals surface area contributed by atoms with E-state index in [-0.39, 0.29) is 23.8 Å². The summed E-state index contributed by atoms with van der Waals surface area (Å²) in [6.07, 6.45) is 5.73. The lowest BCUT2D eigenvalue weighted by Gasteiger charge is -2.08. The Hall–Kier alpha value is -1.47. The zero-order valence-electron chi connectivity index (χ0n) is 15.1. The van der Waals surface area contributed by atoms with Crippen LogP contribution in [0.3, 0.4) is 0 Å². The quantitative estimate of drug-likeness (QED) is 0.553. The summed E-state index contributed by atoms with van der Waals surface area (Å²) in [5.41, 5.74) is 0. The highest BCUT2D eigenvalue weighted by Crippen LogP contribution is 2.10. The maximum absolute atomic E-state index is 12.8. The number of unbranched alkanes of at least 4 members (excludes halogenated alkanes) is 3. The number of hydrogen-bond donors (Lipinski definition) is 2. The van der Waals surface area contributed by atoms with Gasteiger partial charge in [0.1, 0.15) is 5.82 Å². The minimum atomic E-state index is -3.71. The molecular formula is C18H29FN2O3S. The molecule has 0 radical (unpaired) electrons. The second-order valence-electron chi connectivity index (χ2n) is 6.55. The molecular weight excluding hydrogens is 343 g/mol. The highest BCUT2D eigenvalue weighted by molar-refractivity contribution is 7.89. The monoisotopic (exact) mass is 372 g/mol. The average molecular weight is 373 g/mol. The third kappa shape index (κ3) is 9.55. The number of nitrogens with one attached hydrogen (secondary N) is 2. The summed E-state index contributed by atoms with van der Waals surface area (Å²) >= 11 is 0. The molecule has 0 bridgehead atoms. The van der Waals surface area contributed by atoms with Crippen LogP contribution in [0.4, 0.5) is 4.39 Å². The van der Waals surface area contributed by atoms with Gasteiger partial charge in [0.25, 0.3) is 0 Å². The van der Waals surface area contributed by atoms with E-state index in [2.05, 4.69) is 23.9 Å². The first-order valence-electron chi connectivity index (χ1n) is 8.83. The SMILES string of the molecule is CC(C)CCCCCCNC(=O)CCNS(=O)(=O)c1ccc(F)cc1. The van der Waals surface area contributed by atoms with E-state index in [4.69, 9.17) is 0 Å². The Morgan fingerprint density at radius 2 is 1.68 bits per heavy atom. The Labute approximate surface area is 150 Å². The van der Waals surface area contributed by atoms with Crippen LogP contribution >= 0.6 is 0 Å². The highest BCUT2D eigenvalue weighted by atomic mass is 32.2. The molecule has 0 fully saturated rings. The van der Waals surface area contributed by atoms with Gasteiger partial charge in [-0.05, 0) is 36.6 Å². The largest absolute Gasteiger partial charge is 0.356 e. The Morgan fingerprint density at radius 1 is 1.04 bits per heavy atom. The van der Waals surface area contributed by atoms with Crippen molar-refractivity contribution in [3.63, 3.8) is 0 Å². The molecule has 142 valence electrons. The van der Waals surface area contributed by atoms with Crippen LogP contribution in [0, 0.1) is 11.7 Å². The summed E-state index contributed by atoms with van der Waals surface area (Å²) in [7, 11) is -3.71. The van der Waals surface area contributed by atoms with E-state index in [0.29, 0.717) is 6.54 Å². The topological polar surface area (TPSA) is 75.3 Å². The molecule has 0 spiro atoms. The van der Waals surface area contributed by atoms with Crippen molar-refractivity contribution in [2.45, 2.75) is 57.3 Å². The molecule has 1 rings (SSSR count). The summed E-state index contributed by atoms with van der Waals surface area (Å²) in [5, 5.41) is 2.79. The lowest BCUT2D eigenvalue weighted by atomic mass is 10.0. The minimum absolute atomic E-state index is 0.0138. The van der Waals surface area contributed by atoms with Crippen LogP contribution in [0.2, 0.25) is 0 Å². The Bertz CT molecular complexity index is 616. The first-order valence-corrected chi connectivity index (χ1v) is 10.3. The Morgan fingerprint density at radius 3 is 2.32 bits per heavy atom. The van der Waals surface area contributed by atoms with Crippen molar-refractivity contribution in [3.8, 4) is 0 Å². The summed E-state index contributed by atoms with van der Waals surface area (Å²) in [5.74, 6) is 0.0601. The molecule has 0 aliphatic rings. The summed E-state index contributed by atoms with van der Waals surface area (Å²) < 4.78 is 39.1. The van der Waals surface area contributed by atoms with Crippen molar-refractivity contribution in [1.29, 1.82) is 0 Å². The van der Waals surface area contributed by atoms with E-state index >= 15 is 0 Å². The van der Waals surface area contributed by atoms with Crippen molar-refractivity contribution >= 4 is 15.9 Å². The van der Waals surface area contributed by atoms with Gasteiger partial charge in [-0.3, -0.25) is 4.79 Å². The lowest BCUT2D eigenvalue weighted by molar-refractivity contribution is -0.120. The van der Waals surface area contributed by atoms with E-state index in [0.717, 1.165) is 30.9 Å². The third-order valence-electron chi connectivity index (χ3n) is 3.80. The van der Waals surface area contributed by atoms with E-state index in [1.807, 2.05) is 0 Å². The van der Waals surface area contributed by atoms with Crippen molar-refractivity contribution in [1.82, 2.24) is 10.0 Å². The zero-order valence-corrected chi connectivity index (χ0v) is 15.9. The molecule has 2 N–H and O–H groups in total. The van der Waals surface area contributed by atoms with Crippen LogP contribution in [0.15, 0.2) is 29.2 Å². The standard InChI is InChI=1S/C18H29FN2O3S/c1-15(2)7-5-3-4-6-13-20-18(22)12-14-21-25(23,24)17-10-8-16(19)9-11-17/h8-11,15,21H,3-7,12-14H2,1-2H3,(H,20,22).